The van der Waals surface area contributed by atoms with Crippen LogP contribution in [0.3, 0.4) is 0 Å². The molecule has 0 aliphatic heterocycles. The Labute approximate surface area is 115 Å². The van der Waals surface area contributed by atoms with Gasteiger partial charge in [0, 0.05) is 5.41 Å². The highest BCUT2D eigenvalue weighted by Gasteiger charge is 2.33. The van der Waals surface area contributed by atoms with E-state index in [2.05, 4.69) is 26.6 Å². The maximum absolute atomic E-state index is 12.4. The molecule has 0 N–H and O–H groups in total. The molecule has 0 saturated heterocycles. The van der Waals surface area contributed by atoms with Gasteiger partial charge in [0.1, 0.15) is 6.10 Å². The Balaban J connectivity index is 4.49. The summed E-state index contributed by atoms with van der Waals surface area (Å²) in [7, 11) is -1.65. The molecule has 0 amide bonds. The van der Waals surface area contributed by atoms with Gasteiger partial charge in [-0.15, -0.1) is 0 Å². The second kappa shape index (κ2) is 7.44. The van der Waals surface area contributed by atoms with Crippen molar-refractivity contribution in [2.24, 2.45) is 5.41 Å². The Morgan fingerprint density at radius 2 is 1.67 bits per heavy atom. The van der Waals surface area contributed by atoms with Gasteiger partial charge in [-0.25, -0.2) is 0 Å². The van der Waals surface area contributed by atoms with Crippen LogP contribution >= 0.6 is 0 Å². The highest BCUT2D eigenvalue weighted by atomic mass is 28.4. The summed E-state index contributed by atoms with van der Waals surface area (Å²) >= 11 is 0. The molecule has 0 heterocycles. The van der Waals surface area contributed by atoms with Gasteiger partial charge < -0.3 is 4.43 Å². The SMILES string of the molecule is CCCCCCC(O[Si](C)(C)C)C(=O)C(C)(C)C. The van der Waals surface area contributed by atoms with Gasteiger partial charge >= 0.3 is 0 Å². The van der Waals surface area contributed by atoms with Crippen molar-refractivity contribution in [1.82, 2.24) is 0 Å². The van der Waals surface area contributed by atoms with Crippen LogP contribution in [-0.4, -0.2) is 20.2 Å². The fourth-order valence-corrected chi connectivity index (χ4v) is 2.99. The molecule has 0 saturated carbocycles. The molecule has 0 aromatic heterocycles. The molecule has 108 valence electrons. The number of Topliss-reactive ketones (excluding diaryl/α,β-unsaturated/α-hetero) is 1. The maximum Gasteiger partial charge on any atom is 0.184 e. The van der Waals surface area contributed by atoms with Crippen molar-refractivity contribution in [2.45, 2.75) is 85.5 Å². The van der Waals surface area contributed by atoms with Crippen molar-refractivity contribution in [3.8, 4) is 0 Å². The first-order chi connectivity index (χ1) is 8.08. The standard InChI is InChI=1S/C15H32O2Si/c1-8-9-10-11-12-13(17-18(5,6)7)14(16)15(2,3)4/h13H,8-12H2,1-7H3. The zero-order valence-corrected chi connectivity index (χ0v) is 14.4. The van der Waals surface area contributed by atoms with Crippen molar-refractivity contribution in [1.29, 1.82) is 0 Å². The molecule has 18 heavy (non-hydrogen) atoms. The third-order valence-electron chi connectivity index (χ3n) is 2.85. The van der Waals surface area contributed by atoms with Crippen LogP contribution in [0.25, 0.3) is 0 Å². The molecule has 0 aliphatic rings. The van der Waals surface area contributed by atoms with E-state index in [9.17, 15) is 4.79 Å². The van der Waals surface area contributed by atoms with Crippen LogP contribution < -0.4 is 0 Å². The summed E-state index contributed by atoms with van der Waals surface area (Å²) in [5.41, 5.74) is -0.297. The molecule has 0 radical (unpaired) electrons. The van der Waals surface area contributed by atoms with Crippen molar-refractivity contribution in [3.63, 3.8) is 0 Å². The van der Waals surface area contributed by atoms with E-state index in [-0.39, 0.29) is 17.3 Å². The summed E-state index contributed by atoms with van der Waals surface area (Å²) < 4.78 is 6.10. The van der Waals surface area contributed by atoms with Crippen molar-refractivity contribution < 1.29 is 9.22 Å². The lowest BCUT2D eigenvalue weighted by Crippen LogP contribution is -2.41. The fraction of sp³-hybridized carbons (Fsp3) is 0.933. The Hall–Kier alpha value is -0.153. The quantitative estimate of drug-likeness (QED) is 0.469. The highest BCUT2D eigenvalue weighted by Crippen LogP contribution is 2.24. The van der Waals surface area contributed by atoms with Gasteiger partial charge in [0.15, 0.2) is 14.1 Å². The number of carbonyl (C=O) groups excluding carboxylic acids is 1. The summed E-state index contributed by atoms with van der Waals surface area (Å²) in [5.74, 6) is 0.265. The van der Waals surface area contributed by atoms with Crippen LogP contribution in [-0.2, 0) is 9.22 Å². The first kappa shape index (κ1) is 17.8. The molecule has 1 unspecified atom stereocenters. The zero-order chi connectivity index (χ0) is 14.4. The summed E-state index contributed by atoms with van der Waals surface area (Å²) in [6.45, 7) is 14.6. The summed E-state index contributed by atoms with van der Waals surface area (Å²) in [4.78, 5) is 12.4. The number of carbonyl (C=O) groups is 1. The number of hydrogen-bond acceptors (Lipinski definition) is 2. The molecule has 0 aromatic carbocycles. The third kappa shape index (κ3) is 8.04. The van der Waals surface area contributed by atoms with E-state index in [0.29, 0.717) is 0 Å². The average molecular weight is 273 g/mol. The van der Waals surface area contributed by atoms with E-state index >= 15 is 0 Å². The molecular weight excluding hydrogens is 240 g/mol. The lowest BCUT2D eigenvalue weighted by molar-refractivity contribution is -0.134. The first-order valence-corrected chi connectivity index (χ1v) is 10.7. The Morgan fingerprint density at radius 3 is 2.06 bits per heavy atom. The smallest absolute Gasteiger partial charge is 0.184 e. The number of unbranched alkanes of at least 4 members (excludes halogenated alkanes) is 3. The summed E-state index contributed by atoms with van der Waals surface area (Å²) in [6, 6.07) is 0. The first-order valence-electron chi connectivity index (χ1n) is 7.30. The lowest BCUT2D eigenvalue weighted by Gasteiger charge is -2.30. The fourth-order valence-electron chi connectivity index (χ4n) is 1.91. The van der Waals surface area contributed by atoms with Crippen molar-refractivity contribution >= 4 is 14.1 Å². The van der Waals surface area contributed by atoms with Gasteiger partial charge in [0.05, 0.1) is 0 Å². The van der Waals surface area contributed by atoms with E-state index < -0.39 is 8.32 Å². The van der Waals surface area contributed by atoms with Gasteiger partial charge in [0.25, 0.3) is 0 Å². The van der Waals surface area contributed by atoms with Gasteiger partial charge in [-0.05, 0) is 26.1 Å². The molecule has 2 nitrogen and oxygen atoms in total. The number of rotatable bonds is 8. The zero-order valence-electron chi connectivity index (χ0n) is 13.4. The topological polar surface area (TPSA) is 26.3 Å². The van der Waals surface area contributed by atoms with E-state index in [0.717, 1.165) is 12.8 Å². The predicted octanol–water partition coefficient (Wildman–Crippen LogP) is 4.79. The second-order valence-electron chi connectivity index (χ2n) is 7.18. The van der Waals surface area contributed by atoms with Crippen LogP contribution in [0.4, 0.5) is 0 Å². The molecule has 0 fully saturated rings. The van der Waals surface area contributed by atoms with Crippen LogP contribution in [0.2, 0.25) is 19.6 Å². The van der Waals surface area contributed by atoms with E-state index in [1.54, 1.807) is 0 Å². The second-order valence-corrected chi connectivity index (χ2v) is 11.6. The summed E-state index contributed by atoms with van der Waals surface area (Å²) in [6.07, 6.45) is 5.49. The Bertz CT molecular complexity index is 248. The molecule has 3 heteroatoms. The minimum atomic E-state index is -1.65. The Kier molecular flexibility index (Phi) is 7.38. The molecular formula is C15H32O2Si. The van der Waals surface area contributed by atoms with E-state index in [1.807, 2.05) is 20.8 Å². The lowest BCUT2D eigenvalue weighted by atomic mass is 9.86. The summed E-state index contributed by atoms with van der Waals surface area (Å²) in [5, 5.41) is 0. The number of hydrogen-bond donors (Lipinski definition) is 0. The molecule has 0 spiro atoms. The van der Waals surface area contributed by atoms with Gasteiger partial charge in [-0.1, -0.05) is 53.4 Å². The van der Waals surface area contributed by atoms with E-state index in [1.165, 1.54) is 19.3 Å². The molecule has 0 aliphatic carbocycles. The van der Waals surface area contributed by atoms with Crippen LogP contribution in [0.15, 0.2) is 0 Å². The van der Waals surface area contributed by atoms with Crippen LogP contribution in [0.5, 0.6) is 0 Å². The van der Waals surface area contributed by atoms with Gasteiger partial charge in [0.2, 0.25) is 0 Å². The monoisotopic (exact) mass is 272 g/mol. The van der Waals surface area contributed by atoms with Crippen LogP contribution in [0.1, 0.15) is 59.8 Å². The molecule has 0 bridgehead atoms. The molecule has 0 rings (SSSR count). The predicted molar refractivity (Wildman–Crippen MR) is 81.4 cm³/mol. The average Bonchev–Trinajstić information content (AvgIpc) is 2.18. The normalized spacial score (nSPS) is 14.6. The van der Waals surface area contributed by atoms with Gasteiger partial charge in [-0.3, -0.25) is 4.79 Å². The van der Waals surface area contributed by atoms with Crippen LogP contribution in [0, 0.1) is 5.41 Å². The minimum absolute atomic E-state index is 0.187. The van der Waals surface area contributed by atoms with Crippen molar-refractivity contribution in [2.75, 3.05) is 0 Å². The number of ketones is 1. The third-order valence-corrected chi connectivity index (χ3v) is 3.84. The van der Waals surface area contributed by atoms with Gasteiger partial charge in [-0.2, -0.15) is 0 Å². The highest BCUT2D eigenvalue weighted by molar-refractivity contribution is 6.69. The molecule has 1 atom stereocenters. The Morgan fingerprint density at radius 1 is 1.11 bits per heavy atom. The maximum atomic E-state index is 12.4. The molecule has 0 aromatic rings. The largest absolute Gasteiger partial charge is 0.408 e. The van der Waals surface area contributed by atoms with E-state index in [4.69, 9.17) is 4.43 Å². The minimum Gasteiger partial charge on any atom is -0.408 e. The van der Waals surface area contributed by atoms with Crippen molar-refractivity contribution in [3.05, 3.63) is 0 Å².